The van der Waals surface area contributed by atoms with Crippen LogP contribution in [0.1, 0.15) is 15.9 Å². The second kappa shape index (κ2) is 6.98. The molecule has 1 aromatic carbocycles. The zero-order valence-electron chi connectivity index (χ0n) is 14.5. The molecule has 2 atom stereocenters. The standard InChI is InChI=1S/C19H24N4O2/c1-21-10-15(9-20-21)11-22-12-17-13-23(7-8-25-18(17)14-22)19(24)16-5-3-2-4-6-16/h2-6,9-10,17-18H,7-8,11-14H2,1H3/t17-,18-/m0/s1. The van der Waals surface area contributed by atoms with Gasteiger partial charge in [0.15, 0.2) is 0 Å². The fraction of sp³-hybridized carbons (Fsp3) is 0.474. The number of carbonyl (C=O) groups is 1. The molecule has 2 aliphatic heterocycles. The molecule has 0 spiro atoms. The van der Waals surface area contributed by atoms with Gasteiger partial charge in [-0.1, -0.05) is 18.2 Å². The highest BCUT2D eigenvalue weighted by molar-refractivity contribution is 5.94. The van der Waals surface area contributed by atoms with Crippen LogP contribution in [-0.2, 0) is 18.3 Å². The van der Waals surface area contributed by atoms with E-state index in [1.165, 1.54) is 5.56 Å². The Hall–Kier alpha value is -2.18. The highest BCUT2D eigenvalue weighted by Gasteiger charge is 2.37. The topological polar surface area (TPSA) is 50.6 Å². The normalized spacial score (nSPS) is 24.1. The number of ether oxygens (including phenoxy) is 1. The predicted octanol–water partition coefficient (Wildman–Crippen LogP) is 1.39. The van der Waals surface area contributed by atoms with Crippen molar-refractivity contribution in [3.05, 3.63) is 53.9 Å². The average Bonchev–Trinajstić information content (AvgIpc) is 3.14. The van der Waals surface area contributed by atoms with E-state index in [1.54, 1.807) is 0 Å². The molecule has 1 aromatic heterocycles. The second-order valence-electron chi connectivity index (χ2n) is 7.00. The first-order valence-corrected chi connectivity index (χ1v) is 8.85. The first-order chi connectivity index (χ1) is 12.2. The molecule has 2 aromatic rings. The van der Waals surface area contributed by atoms with Gasteiger partial charge >= 0.3 is 0 Å². The Morgan fingerprint density at radius 1 is 1.24 bits per heavy atom. The summed E-state index contributed by atoms with van der Waals surface area (Å²) in [4.78, 5) is 17.1. The van der Waals surface area contributed by atoms with Gasteiger partial charge in [0, 0.05) is 63.0 Å². The van der Waals surface area contributed by atoms with Gasteiger partial charge in [0.1, 0.15) is 0 Å². The Balaban J connectivity index is 1.41. The van der Waals surface area contributed by atoms with Crippen molar-refractivity contribution in [2.45, 2.75) is 12.6 Å². The lowest BCUT2D eigenvalue weighted by Gasteiger charge is -2.23. The number of hydrogen-bond acceptors (Lipinski definition) is 4. The van der Waals surface area contributed by atoms with Crippen LogP contribution in [-0.4, -0.2) is 64.4 Å². The number of rotatable bonds is 3. The van der Waals surface area contributed by atoms with E-state index in [0.29, 0.717) is 19.1 Å². The number of benzene rings is 1. The third-order valence-electron chi connectivity index (χ3n) is 5.08. The SMILES string of the molecule is Cn1cc(CN2C[C@H]3CN(C(=O)c4ccccc4)CCO[C@H]3C2)cn1. The van der Waals surface area contributed by atoms with Crippen molar-refractivity contribution in [3.63, 3.8) is 0 Å². The Morgan fingerprint density at radius 3 is 2.84 bits per heavy atom. The van der Waals surface area contributed by atoms with Gasteiger partial charge in [-0.3, -0.25) is 14.4 Å². The van der Waals surface area contributed by atoms with Gasteiger partial charge in [-0.05, 0) is 12.1 Å². The fourth-order valence-electron chi connectivity index (χ4n) is 3.87. The molecule has 1 amide bonds. The molecule has 2 fully saturated rings. The van der Waals surface area contributed by atoms with Crippen molar-refractivity contribution in [3.8, 4) is 0 Å². The summed E-state index contributed by atoms with van der Waals surface area (Å²) in [5, 5.41) is 4.24. The first kappa shape index (κ1) is 16.3. The van der Waals surface area contributed by atoms with Crippen molar-refractivity contribution < 1.29 is 9.53 Å². The summed E-state index contributed by atoms with van der Waals surface area (Å²) in [6.45, 7) is 4.81. The van der Waals surface area contributed by atoms with Crippen molar-refractivity contribution in [1.29, 1.82) is 0 Å². The molecule has 0 N–H and O–H groups in total. The zero-order chi connectivity index (χ0) is 17.2. The lowest BCUT2D eigenvalue weighted by molar-refractivity contribution is 0.0501. The lowest BCUT2D eigenvalue weighted by atomic mass is 10.1. The number of amides is 1. The molecule has 0 radical (unpaired) electrons. The highest BCUT2D eigenvalue weighted by atomic mass is 16.5. The van der Waals surface area contributed by atoms with Crippen LogP contribution in [0.25, 0.3) is 0 Å². The molecule has 6 heteroatoms. The van der Waals surface area contributed by atoms with E-state index in [2.05, 4.69) is 16.2 Å². The van der Waals surface area contributed by atoms with E-state index in [1.807, 2.05) is 53.2 Å². The number of likely N-dealkylation sites (tertiary alicyclic amines) is 1. The van der Waals surface area contributed by atoms with Crippen molar-refractivity contribution in [1.82, 2.24) is 19.6 Å². The van der Waals surface area contributed by atoms with Gasteiger partial charge in [0.25, 0.3) is 5.91 Å². The number of hydrogen-bond donors (Lipinski definition) is 0. The number of nitrogens with zero attached hydrogens (tertiary/aromatic N) is 4. The molecule has 132 valence electrons. The van der Waals surface area contributed by atoms with Crippen LogP contribution >= 0.6 is 0 Å². The maximum absolute atomic E-state index is 12.8. The van der Waals surface area contributed by atoms with Gasteiger partial charge in [-0.15, -0.1) is 0 Å². The Bertz CT molecular complexity index is 730. The predicted molar refractivity (Wildman–Crippen MR) is 94.1 cm³/mol. The summed E-state index contributed by atoms with van der Waals surface area (Å²) in [5.41, 5.74) is 1.97. The summed E-state index contributed by atoms with van der Waals surface area (Å²) >= 11 is 0. The largest absolute Gasteiger partial charge is 0.375 e. The van der Waals surface area contributed by atoms with Gasteiger partial charge in [0.2, 0.25) is 0 Å². The number of fused-ring (bicyclic) bond motifs is 1. The molecule has 2 aliphatic rings. The Labute approximate surface area is 148 Å². The van der Waals surface area contributed by atoms with Gasteiger partial charge in [-0.25, -0.2) is 0 Å². The smallest absolute Gasteiger partial charge is 0.253 e. The van der Waals surface area contributed by atoms with Crippen LogP contribution in [0.5, 0.6) is 0 Å². The molecule has 0 unspecified atom stereocenters. The summed E-state index contributed by atoms with van der Waals surface area (Å²) < 4.78 is 7.89. The molecule has 6 nitrogen and oxygen atoms in total. The van der Waals surface area contributed by atoms with Crippen LogP contribution in [0.2, 0.25) is 0 Å². The number of aryl methyl sites for hydroxylation is 1. The van der Waals surface area contributed by atoms with E-state index in [9.17, 15) is 4.79 Å². The quantitative estimate of drug-likeness (QED) is 0.847. The van der Waals surface area contributed by atoms with Crippen LogP contribution in [0.4, 0.5) is 0 Å². The molecule has 0 bridgehead atoms. The number of aromatic nitrogens is 2. The van der Waals surface area contributed by atoms with E-state index in [-0.39, 0.29) is 12.0 Å². The summed E-state index contributed by atoms with van der Waals surface area (Å²) in [7, 11) is 1.94. The molecule has 2 saturated heterocycles. The third kappa shape index (κ3) is 3.60. The van der Waals surface area contributed by atoms with E-state index >= 15 is 0 Å². The minimum absolute atomic E-state index is 0.107. The van der Waals surface area contributed by atoms with Crippen LogP contribution in [0.15, 0.2) is 42.7 Å². The summed E-state index contributed by atoms with van der Waals surface area (Å²) in [6.07, 6.45) is 4.19. The van der Waals surface area contributed by atoms with Gasteiger partial charge < -0.3 is 9.64 Å². The molecular weight excluding hydrogens is 316 g/mol. The van der Waals surface area contributed by atoms with E-state index < -0.39 is 0 Å². The van der Waals surface area contributed by atoms with Gasteiger partial charge in [-0.2, -0.15) is 5.10 Å². The maximum Gasteiger partial charge on any atom is 0.253 e. The molecule has 0 aliphatic carbocycles. The Kier molecular flexibility index (Phi) is 4.55. The minimum atomic E-state index is 0.107. The summed E-state index contributed by atoms with van der Waals surface area (Å²) in [5.74, 6) is 0.474. The number of carbonyl (C=O) groups excluding carboxylic acids is 1. The van der Waals surface area contributed by atoms with E-state index in [4.69, 9.17) is 4.74 Å². The monoisotopic (exact) mass is 340 g/mol. The minimum Gasteiger partial charge on any atom is -0.375 e. The molecule has 4 rings (SSSR count). The van der Waals surface area contributed by atoms with Crippen LogP contribution < -0.4 is 0 Å². The average molecular weight is 340 g/mol. The van der Waals surface area contributed by atoms with Crippen molar-refractivity contribution >= 4 is 5.91 Å². The highest BCUT2D eigenvalue weighted by Crippen LogP contribution is 2.25. The van der Waals surface area contributed by atoms with Crippen LogP contribution in [0, 0.1) is 5.92 Å². The first-order valence-electron chi connectivity index (χ1n) is 8.85. The zero-order valence-corrected chi connectivity index (χ0v) is 14.5. The van der Waals surface area contributed by atoms with Crippen molar-refractivity contribution in [2.24, 2.45) is 13.0 Å². The Morgan fingerprint density at radius 2 is 2.08 bits per heavy atom. The molecule has 25 heavy (non-hydrogen) atoms. The van der Waals surface area contributed by atoms with E-state index in [0.717, 1.165) is 31.7 Å². The van der Waals surface area contributed by atoms with Crippen molar-refractivity contribution in [2.75, 3.05) is 32.8 Å². The molecule has 0 saturated carbocycles. The lowest BCUT2D eigenvalue weighted by Crippen LogP contribution is -2.37. The summed E-state index contributed by atoms with van der Waals surface area (Å²) in [6, 6.07) is 9.53. The maximum atomic E-state index is 12.8. The third-order valence-corrected chi connectivity index (χ3v) is 5.08. The van der Waals surface area contributed by atoms with Gasteiger partial charge in [0.05, 0.1) is 18.9 Å². The fourth-order valence-corrected chi connectivity index (χ4v) is 3.87. The second-order valence-corrected chi connectivity index (χ2v) is 7.00. The molecule has 3 heterocycles. The molecular formula is C19H24N4O2. The van der Waals surface area contributed by atoms with Crippen LogP contribution in [0.3, 0.4) is 0 Å².